The Balaban J connectivity index is 1.06. The molecular weight excluding hydrogens is 709 g/mol. The fraction of sp³-hybridized carbons (Fsp3) is 0.425. The molecule has 13 heteroatoms. The van der Waals surface area contributed by atoms with E-state index in [-0.39, 0.29) is 11.9 Å². The average Bonchev–Trinajstić information content (AvgIpc) is 3.75. The normalized spacial score (nSPS) is 11.3. The van der Waals surface area contributed by atoms with Gasteiger partial charge in [0.2, 0.25) is 5.13 Å². The number of nitrogens with one attached hydrogen (secondary N) is 1. The molecule has 2 aromatic heterocycles. The summed E-state index contributed by atoms with van der Waals surface area (Å²) in [6.07, 6.45) is 16.7. The molecule has 1 N–H and O–H groups in total. The Morgan fingerprint density at radius 3 is 1.75 bits per heavy atom. The van der Waals surface area contributed by atoms with Gasteiger partial charge in [0.25, 0.3) is 0 Å². The summed E-state index contributed by atoms with van der Waals surface area (Å²) in [6, 6.07) is 17.5. The van der Waals surface area contributed by atoms with Gasteiger partial charge in [-0.05, 0) is 86.7 Å². The van der Waals surface area contributed by atoms with Crippen molar-refractivity contribution >= 4 is 71.3 Å². The first-order valence-corrected chi connectivity index (χ1v) is 20.0. The first-order valence-electron chi connectivity index (χ1n) is 18.4. The Morgan fingerprint density at radius 1 is 0.642 bits per heavy atom. The van der Waals surface area contributed by atoms with E-state index in [1.165, 1.54) is 66.9 Å². The fourth-order valence-corrected chi connectivity index (χ4v) is 7.02. The molecule has 0 aliphatic heterocycles. The van der Waals surface area contributed by atoms with Crippen molar-refractivity contribution in [1.82, 2.24) is 4.98 Å². The zero-order chi connectivity index (χ0) is 37.4. The number of esters is 2. The minimum absolute atomic E-state index is 0.339. The van der Waals surface area contributed by atoms with Crippen LogP contribution in [0.4, 0.5) is 27.2 Å². The number of carbonyl (C=O) groups is 2. The largest absolute Gasteiger partial charge is 0.494 e. The van der Waals surface area contributed by atoms with Crippen molar-refractivity contribution in [1.29, 1.82) is 0 Å². The molecule has 0 spiro atoms. The zero-order valence-electron chi connectivity index (χ0n) is 30.4. The van der Waals surface area contributed by atoms with E-state index in [2.05, 4.69) is 43.9 Å². The summed E-state index contributed by atoms with van der Waals surface area (Å²) in [5.41, 5.74) is 2.55. The van der Waals surface area contributed by atoms with Crippen LogP contribution in [0.5, 0.6) is 5.75 Å². The van der Waals surface area contributed by atoms with Crippen molar-refractivity contribution in [3.8, 4) is 5.75 Å². The smallest absolute Gasteiger partial charge is 0.330 e. The van der Waals surface area contributed by atoms with Gasteiger partial charge in [-0.3, -0.25) is 0 Å². The van der Waals surface area contributed by atoms with Crippen molar-refractivity contribution in [3.05, 3.63) is 79.9 Å². The molecule has 2 heterocycles. The van der Waals surface area contributed by atoms with E-state index >= 15 is 0 Å². The molecule has 0 aliphatic rings. The van der Waals surface area contributed by atoms with Gasteiger partial charge in [-0.25, -0.2) is 14.6 Å². The number of fused-ring (bicyclic) bond motifs is 1. The third-order valence-electron chi connectivity index (χ3n) is 8.06. The molecule has 0 bridgehead atoms. The van der Waals surface area contributed by atoms with Crippen LogP contribution in [0, 0.1) is 0 Å². The van der Waals surface area contributed by atoms with Gasteiger partial charge in [-0.1, -0.05) is 87.2 Å². The molecule has 0 amide bonds. The van der Waals surface area contributed by atoms with Crippen molar-refractivity contribution in [2.45, 2.75) is 83.5 Å². The highest BCUT2D eigenvalue weighted by atomic mass is 32.1. The summed E-state index contributed by atoms with van der Waals surface area (Å²) in [6.45, 7) is 9.30. The van der Waals surface area contributed by atoms with E-state index in [0.29, 0.717) is 25.0 Å². The summed E-state index contributed by atoms with van der Waals surface area (Å²) in [5, 5.41) is 22.3. The quantitative estimate of drug-likeness (QED) is 0.0276. The number of carbonyl (C=O) groups excluding carboxylic acids is 2. The van der Waals surface area contributed by atoms with E-state index in [0.717, 1.165) is 95.3 Å². The molecular formula is C40H50N6O5S2. The van der Waals surface area contributed by atoms with Gasteiger partial charge < -0.3 is 19.5 Å². The van der Waals surface area contributed by atoms with Crippen LogP contribution in [-0.2, 0) is 19.1 Å². The number of thiophene rings is 1. The summed E-state index contributed by atoms with van der Waals surface area (Å²) in [5.74, 6) is 0.134. The van der Waals surface area contributed by atoms with Gasteiger partial charge in [0.1, 0.15) is 15.6 Å². The van der Waals surface area contributed by atoms with E-state index in [4.69, 9.17) is 14.2 Å². The number of azo groups is 2. The average molecular weight is 759 g/mol. The van der Waals surface area contributed by atoms with Crippen molar-refractivity contribution in [2.24, 2.45) is 20.5 Å². The molecule has 0 saturated heterocycles. The summed E-state index contributed by atoms with van der Waals surface area (Å²) in [7, 11) is 0. The van der Waals surface area contributed by atoms with Gasteiger partial charge >= 0.3 is 11.9 Å². The number of anilines is 1. The Morgan fingerprint density at radius 2 is 1.17 bits per heavy atom. The molecule has 0 radical (unpaired) electrons. The highest BCUT2D eigenvalue weighted by Crippen LogP contribution is 2.39. The maximum atomic E-state index is 11.0. The van der Waals surface area contributed by atoms with Crippen LogP contribution in [0.2, 0.25) is 0 Å². The lowest BCUT2D eigenvalue weighted by atomic mass is 10.1. The van der Waals surface area contributed by atoms with Crippen molar-refractivity contribution in [2.75, 3.05) is 31.7 Å². The lowest BCUT2D eigenvalue weighted by Crippen LogP contribution is -2.03. The van der Waals surface area contributed by atoms with Crippen LogP contribution in [-0.4, -0.2) is 43.3 Å². The number of unbranched alkanes of at least 4 members (excludes halogenated alkanes) is 11. The molecule has 4 aromatic rings. The molecule has 282 valence electrons. The Labute approximate surface area is 320 Å². The monoisotopic (exact) mass is 758 g/mol. The molecule has 0 unspecified atom stereocenters. The maximum absolute atomic E-state index is 11.0. The number of hydrogen-bond acceptors (Lipinski definition) is 13. The summed E-state index contributed by atoms with van der Waals surface area (Å²) < 4.78 is 16.9. The van der Waals surface area contributed by atoms with Gasteiger partial charge in [0.05, 0.1) is 35.9 Å². The third kappa shape index (κ3) is 16.6. The molecule has 0 fully saturated rings. The highest BCUT2D eigenvalue weighted by Gasteiger charge is 2.09. The Bertz CT molecular complexity index is 1720. The minimum Gasteiger partial charge on any atom is -0.494 e. The highest BCUT2D eigenvalue weighted by molar-refractivity contribution is 7.30. The molecule has 4 rings (SSSR count). The van der Waals surface area contributed by atoms with E-state index < -0.39 is 0 Å². The second-order valence-electron chi connectivity index (χ2n) is 12.3. The number of hydrogen-bond donors (Lipinski definition) is 1. The third-order valence-corrected chi connectivity index (χ3v) is 9.99. The van der Waals surface area contributed by atoms with Gasteiger partial charge in [-0.15, -0.1) is 20.5 Å². The van der Waals surface area contributed by atoms with Crippen LogP contribution in [0.1, 0.15) is 83.5 Å². The molecule has 2 aromatic carbocycles. The summed E-state index contributed by atoms with van der Waals surface area (Å²) >= 11 is 2.94. The standard InChI is InChI=1S/C40H50N6O5S2/c1-3-37(47)50-28-16-12-9-7-5-6-8-11-15-27-49-34-24-22-33(23-25-34)43-45-36-30-35-39(53-36)42-40(52-35)46-44-32-20-18-31(19-21-32)41-26-14-10-13-17-29-51-38(48)4-2/h3-4,18-25,30,41H,1-2,5-17,26-29H2. The first kappa shape index (κ1) is 41.0. The zero-order valence-corrected chi connectivity index (χ0v) is 32.0. The minimum atomic E-state index is -0.364. The number of benzene rings is 2. The predicted molar refractivity (Wildman–Crippen MR) is 215 cm³/mol. The van der Waals surface area contributed by atoms with Crippen molar-refractivity contribution < 1.29 is 23.8 Å². The van der Waals surface area contributed by atoms with Crippen LogP contribution >= 0.6 is 22.7 Å². The number of thiazole rings is 1. The number of aromatic nitrogens is 1. The van der Waals surface area contributed by atoms with Gasteiger partial charge in [-0.2, -0.15) is 0 Å². The SMILES string of the molecule is C=CC(=O)OCCCCCCCCCCCOc1ccc(N=Nc2cc3sc(N=Nc4ccc(NCCCCCCOC(=O)C=C)cc4)nc3s2)cc1. The Kier molecular flexibility index (Phi) is 18.9. The van der Waals surface area contributed by atoms with Gasteiger partial charge in [0, 0.05) is 24.4 Å². The number of nitrogens with zero attached hydrogens (tertiary/aromatic N) is 5. The number of ether oxygens (including phenoxy) is 3. The molecule has 0 aliphatic carbocycles. The lowest BCUT2D eigenvalue weighted by Gasteiger charge is -2.06. The van der Waals surface area contributed by atoms with E-state index in [1.807, 2.05) is 54.6 Å². The van der Waals surface area contributed by atoms with Crippen LogP contribution in [0.25, 0.3) is 9.53 Å². The number of rotatable bonds is 27. The molecule has 0 atom stereocenters. The predicted octanol–water partition coefficient (Wildman–Crippen LogP) is 12.5. The Hall–Kier alpha value is -4.75. The van der Waals surface area contributed by atoms with Crippen molar-refractivity contribution in [3.63, 3.8) is 0 Å². The lowest BCUT2D eigenvalue weighted by molar-refractivity contribution is -0.138. The van der Waals surface area contributed by atoms with Crippen LogP contribution in [0.3, 0.4) is 0 Å². The molecule has 11 nitrogen and oxygen atoms in total. The first-order chi connectivity index (χ1) is 26.0. The molecule has 0 saturated carbocycles. The van der Waals surface area contributed by atoms with Crippen LogP contribution < -0.4 is 10.1 Å². The topological polar surface area (TPSA) is 136 Å². The van der Waals surface area contributed by atoms with Gasteiger partial charge in [0.15, 0.2) is 0 Å². The summed E-state index contributed by atoms with van der Waals surface area (Å²) in [4.78, 5) is 27.5. The fourth-order valence-electron chi connectivity index (χ4n) is 5.17. The second-order valence-corrected chi connectivity index (χ2v) is 14.3. The maximum Gasteiger partial charge on any atom is 0.330 e. The second kappa shape index (κ2) is 24.5. The van der Waals surface area contributed by atoms with E-state index in [1.54, 1.807) is 0 Å². The molecule has 53 heavy (non-hydrogen) atoms. The van der Waals surface area contributed by atoms with E-state index in [9.17, 15) is 9.59 Å². The van der Waals surface area contributed by atoms with Crippen LogP contribution in [0.15, 0.2) is 100 Å².